The summed E-state index contributed by atoms with van der Waals surface area (Å²) in [6.07, 6.45) is 4.60. The Bertz CT molecular complexity index is 336. The lowest BCUT2D eigenvalue weighted by Crippen LogP contribution is -2.48. The number of carboxylic acids is 1. The van der Waals surface area contributed by atoms with E-state index in [0.29, 0.717) is 6.42 Å². The normalized spacial score (nSPS) is 23.9. The van der Waals surface area contributed by atoms with Gasteiger partial charge in [-0.15, -0.1) is 0 Å². The van der Waals surface area contributed by atoms with E-state index in [9.17, 15) is 14.7 Å². The van der Waals surface area contributed by atoms with Gasteiger partial charge in [-0.2, -0.15) is 0 Å². The molecule has 1 rings (SSSR count). The molecule has 19 heavy (non-hydrogen) atoms. The van der Waals surface area contributed by atoms with E-state index in [1.165, 1.54) is 0 Å². The zero-order chi connectivity index (χ0) is 14.6. The smallest absolute Gasteiger partial charge is 0.326 e. The van der Waals surface area contributed by atoms with Crippen LogP contribution < -0.4 is 5.32 Å². The summed E-state index contributed by atoms with van der Waals surface area (Å²) in [6, 6.07) is -0.759. The van der Waals surface area contributed by atoms with Crippen LogP contribution in [0.15, 0.2) is 0 Å². The van der Waals surface area contributed by atoms with Crippen molar-refractivity contribution < 1.29 is 14.7 Å². The molecule has 1 fully saturated rings. The summed E-state index contributed by atoms with van der Waals surface area (Å²) in [5.74, 6) is -0.829. The summed E-state index contributed by atoms with van der Waals surface area (Å²) < 4.78 is 0. The molecule has 2 atom stereocenters. The predicted molar refractivity (Wildman–Crippen MR) is 74.8 cm³/mol. The van der Waals surface area contributed by atoms with Crippen LogP contribution in [0.2, 0.25) is 0 Å². The first kappa shape index (κ1) is 16.0. The topological polar surface area (TPSA) is 66.4 Å². The Hall–Kier alpha value is -1.06. The number of carbonyl (C=O) groups excluding carboxylic acids is 1. The molecule has 110 valence electrons. The van der Waals surface area contributed by atoms with Crippen LogP contribution in [0, 0.1) is 17.3 Å². The first-order valence-electron chi connectivity index (χ1n) is 7.27. The van der Waals surface area contributed by atoms with Gasteiger partial charge in [-0.25, -0.2) is 4.79 Å². The molecule has 1 amide bonds. The van der Waals surface area contributed by atoms with Crippen LogP contribution in [0.3, 0.4) is 0 Å². The number of hydrogen-bond donors (Lipinski definition) is 2. The van der Waals surface area contributed by atoms with Crippen LogP contribution in [-0.2, 0) is 9.59 Å². The minimum absolute atomic E-state index is 0.0246. The van der Waals surface area contributed by atoms with Gasteiger partial charge in [-0.1, -0.05) is 40.5 Å². The maximum atomic E-state index is 12.3. The van der Waals surface area contributed by atoms with Gasteiger partial charge >= 0.3 is 5.97 Å². The van der Waals surface area contributed by atoms with Crippen LogP contribution in [0.25, 0.3) is 0 Å². The number of carbonyl (C=O) groups is 2. The third-order valence-corrected chi connectivity index (χ3v) is 4.15. The Morgan fingerprint density at radius 3 is 2.42 bits per heavy atom. The molecule has 1 aliphatic carbocycles. The van der Waals surface area contributed by atoms with Crippen molar-refractivity contribution in [1.29, 1.82) is 0 Å². The molecule has 0 spiro atoms. The average molecular weight is 269 g/mol. The van der Waals surface area contributed by atoms with Crippen LogP contribution in [0.4, 0.5) is 0 Å². The minimum Gasteiger partial charge on any atom is -0.480 e. The van der Waals surface area contributed by atoms with E-state index in [0.717, 1.165) is 25.7 Å². The molecule has 0 bridgehead atoms. The van der Waals surface area contributed by atoms with Gasteiger partial charge in [-0.05, 0) is 30.6 Å². The number of nitrogens with one attached hydrogen (secondary N) is 1. The monoisotopic (exact) mass is 269 g/mol. The molecule has 2 N–H and O–H groups in total. The van der Waals surface area contributed by atoms with Gasteiger partial charge in [-0.3, -0.25) is 4.79 Å². The number of amides is 1. The molecule has 0 aromatic rings. The highest BCUT2D eigenvalue weighted by Crippen LogP contribution is 2.40. The van der Waals surface area contributed by atoms with E-state index in [2.05, 4.69) is 19.2 Å². The number of carboxylic acid groups (broad SMARTS) is 1. The third-order valence-electron chi connectivity index (χ3n) is 4.15. The highest BCUT2D eigenvalue weighted by atomic mass is 16.4. The largest absolute Gasteiger partial charge is 0.480 e. The van der Waals surface area contributed by atoms with E-state index in [1.54, 1.807) is 0 Å². The average Bonchev–Trinajstić information content (AvgIpc) is 2.26. The highest BCUT2D eigenvalue weighted by molar-refractivity contribution is 5.85. The van der Waals surface area contributed by atoms with Crippen molar-refractivity contribution >= 4 is 11.9 Å². The Morgan fingerprint density at radius 2 is 1.95 bits per heavy atom. The fourth-order valence-electron chi connectivity index (χ4n) is 2.95. The summed E-state index contributed by atoms with van der Waals surface area (Å²) >= 11 is 0. The van der Waals surface area contributed by atoms with E-state index >= 15 is 0 Å². The molecule has 1 saturated carbocycles. The molecular weight excluding hydrogens is 242 g/mol. The Kier molecular flexibility index (Phi) is 5.39. The number of hydrogen-bond acceptors (Lipinski definition) is 2. The maximum Gasteiger partial charge on any atom is 0.326 e. The van der Waals surface area contributed by atoms with Gasteiger partial charge in [0, 0.05) is 5.92 Å². The van der Waals surface area contributed by atoms with E-state index in [-0.39, 0.29) is 23.2 Å². The Balaban J connectivity index is 2.68. The molecule has 0 saturated heterocycles. The van der Waals surface area contributed by atoms with Crippen molar-refractivity contribution in [2.75, 3.05) is 0 Å². The van der Waals surface area contributed by atoms with Crippen molar-refractivity contribution in [2.45, 2.75) is 65.8 Å². The quantitative estimate of drug-likeness (QED) is 0.806. The molecule has 0 aromatic carbocycles. The first-order chi connectivity index (χ1) is 8.74. The summed E-state index contributed by atoms with van der Waals surface area (Å²) in [5, 5.41) is 11.9. The molecule has 1 aliphatic rings. The molecule has 0 radical (unpaired) electrons. The molecule has 0 aromatic heterocycles. The molecule has 0 heterocycles. The maximum absolute atomic E-state index is 12.3. The lowest BCUT2D eigenvalue weighted by molar-refractivity contribution is -0.144. The van der Waals surface area contributed by atoms with Gasteiger partial charge in [0.05, 0.1) is 0 Å². The van der Waals surface area contributed by atoms with Crippen molar-refractivity contribution in [2.24, 2.45) is 17.3 Å². The first-order valence-corrected chi connectivity index (χ1v) is 7.27. The van der Waals surface area contributed by atoms with Crippen LogP contribution in [0.5, 0.6) is 0 Å². The van der Waals surface area contributed by atoms with E-state index in [4.69, 9.17) is 0 Å². The standard InChI is InChI=1S/C15H27NO3/c1-10(2)9-12(14(18)19)16-13(17)11-7-5-6-8-15(11,3)4/h10-12H,5-9H2,1-4H3,(H,16,17)(H,18,19). The predicted octanol–water partition coefficient (Wildman–Crippen LogP) is 2.82. The molecule has 4 heteroatoms. The molecule has 2 unspecified atom stereocenters. The highest BCUT2D eigenvalue weighted by Gasteiger charge is 2.38. The van der Waals surface area contributed by atoms with Gasteiger partial charge in [0.15, 0.2) is 0 Å². The Labute approximate surface area is 116 Å². The molecule has 4 nitrogen and oxygen atoms in total. The second-order valence-corrected chi connectivity index (χ2v) is 6.82. The molecular formula is C15H27NO3. The van der Waals surface area contributed by atoms with Crippen LogP contribution >= 0.6 is 0 Å². The second-order valence-electron chi connectivity index (χ2n) is 6.82. The van der Waals surface area contributed by atoms with Crippen molar-refractivity contribution in [3.05, 3.63) is 0 Å². The van der Waals surface area contributed by atoms with Gasteiger partial charge < -0.3 is 10.4 Å². The van der Waals surface area contributed by atoms with Gasteiger partial charge in [0.2, 0.25) is 5.91 Å². The van der Waals surface area contributed by atoms with Gasteiger partial charge in [0.25, 0.3) is 0 Å². The van der Waals surface area contributed by atoms with Crippen molar-refractivity contribution in [3.63, 3.8) is 0 Å². The summed E-state index contributed by atoms with van der Waals surface area (Å²) in [7, 11) is 0. The van der Waals surface area contributed by atoms with E-state index in [1.807, 2.05) is 13.8 Å². The SMILES string of the molecule is CC(C)CC(NC(=O)C1CCCCC1(C)C)C(=O)O. The fraction of sp³-hybridized carbons (Fsp3) is 0.867. The summed E-state index contributed by atoms with van der Waals surface area (Å²) in [6.45, 7) is 8.14. The zero-order valence-corrected chi connectivity index (χ0v) is 12.5. The summed E-state index contributed by atoms with van der Waals surface area (Å²) in [5.41, 5.74) is -0.0246. The van der Waals surface area contributed by atoms with Gasteiger partial charge in [0.1, 0.15) is 6.04 Å². The summed E-state index contributed by atoms with van der Waals surface area (Å²) in [4.78, 5) is 23.5. The molecule has 0 aliphatic heterocycles. The lowest BCUT2D eigenvalue weighted by Gasteiger charge is -2.38. The Morgan fingerprint density at radius 1 is 1.32 bits per heavy atom. The van der Waals surface area contributed by atoms with Crippen molar-refractivity contribution in [3.8, 4) is 0 Å². The second kappa shape index (κ2) is 6.40. The number of aliphatic carboxylic acids is 1. The fourth-order valence-corrected chi connectivity index (χ4v) is 2.95. The third kappa shape index (κ3) is 4.51. The number of rotatable bonds is 5. The zero-order valence-electron chi connectivity index (χ0n) is 12.5. The van der Waals surface area contributed by atoms with Crippen LogP contribution in [0.1, 0.15) is 59.8 Å². The van der Waals surface area contributed by atoms with E-state index < -0.39 is 12.0 Å². The van der Waals surface area contributed by atoms with Crippen molar-refractivity contribution in [1.82, 2.24) is 5.32 Å². The minimum atomic E-state index is -0.935. The van der Waals surface area contributed by atoms with Crippen LogP contribution in [-0.4, -0.2) is 23.0 Å². The lowest BCUT2D eigenvalue weighted by atomic mass is 9.68.